The van der Waals surface area contributed by atoms with Gasteiger partial charge in [-0.25, -0.2) is 4.79 Å². The first-order valence-electron chi connectivity index (χ1n) is 10.4. The molecule has 170 valence electrons. The van der Waals surface area contributed by atoms with Gasteiger partial charge in [0.25, 0.3) is 5.91 Å². The van der Waals surface area contributed by atoms with Gasteiger partial charge in [0.2, 0.25) is 0 Å². The summed E-state index contributed by atoms with van der Waals surface area (Å²) in [5.74, 6) is -0.744. The number of benzene rings is 3. The lowest BCUT2D eigenvalue weighted by Gasteiger charge is -2.15. The van der Waals surface area contributed by atoms with Crippen LogP contribution in [0.5, 0.6) is 11.5 Å². The van der Waals surface area contributed by atoms with E-state index in [2.05, 4.69) is 21.2 Å². The summed E-state index contributed by atoms with van der Waals surface area (Å²) in [6, 6.07) is 21.8. The van der Waals surface area contributed by atoms with Crippen molar-refractivity contribution < 1.29 is 24.2 Å². The number of hydrogen-bond donors (Lipinski definition) is 2. The zero-order chi connectivity index (χ0) is 23.6. The van der Waals surface area contributed by atoms with Crippen LogP contribution in [0.4, 0.5) is 0 Å². The Balaban J connectivity index is 1.81. The molecule has 0 fully saturated rings. The molecule has 0 aliphatic heterocycles. The van der Waals surface area contributed by atoms with Crippen LogP contribution in [-0.2, 0) is 11.2 Å². The molecule has 33 heavy (non-hydrogen) atoms. The first-order valence-corrected chi connectivity index (χ1v) is 11.2. The number of carboxylic acids is 1. The van der Waals surface area contributed by atoms with Crippen molar-refractivity contribution in [3.63, 3.8) is 0 Å². The normalized spacial score (nSPS) is 11.0. The number of nitrogens with one attached hydrogen (secondary N) is 1. The summed E-state index contributed by atoms with van der Waals surface area (Å²) in [6.45, 7) is 2.71. The van der Waals surface area contributed by atoms with Crippen LogP contribution >= 0.6 is 15.9 Å². The average Bonchev–Trinajstić information content (AvgIpc) is 2.81. The zero-order valence-corrected chi connectivity index (χ0v) is 19.7. The third-order valence-electron chi connectivity index (χ3n) is 4.64. The van der Waals surface area contributed by atoms with Gasteiger partial charge in [0.15, 0.2) is 11.5 Å². The Morgan fingerprint density at radius 1 is 1.00 bits per heavy atom. The first-order chi connectivity index (χ1) is 16.0. The first kappa shape index (κ1) is 24.1. The van der Waals surface area contributed by atoms with E-state index in [1.807, 2.05) is 37.3 Å². The van der Waals surface area contributed by atoms with Crippen molar-refractivity contribution in [1.29, 1.82) is 0 Å². The topological polar surface area (TPSA) is 84.9 Å². The fourth-order valence-electron chi connectivity index (χ4n) is 3.09. The maximum atomic E-state index is 12.4. The molecule has 0 heterocycles. The minimum absolute atomic E-state index is 0.254. The lowest BCUT2D eigenvalue weighted by Crippen LogP contribution is -2.27. The molecule has 1 amide bonds. The maximum Gasteiger partial charge on any atom is 0.352 e. The van der Waals surface area contributed by atoms with E-state index < -0.39 is 11.9 Å². The molecule has 6 nitrogen and oxygen atoms in total. The second-order valence-electron chi connectivity index (χ2n) is 7.03. The van der Waals surface area contributed by atoms with E-state index in [1.54, 1.807) is 42.5 Å². The Labute approximate surface area is 201 Å². The molecule has 0 aromatic heterocycles. The van der Waals surface area contributed by atoms with Crippen molar-refractivity contribution in [3.05, 3.63) is 99.7 Å². The van der Waals surface area contributed by atoms with Crippen LogP contribution in [0.15, 0.2) is 83.0 Å². The Kier molecular flexibility index (Phi) is 8.66. The van der Waals surface area contributed by atoms with E-state index in [0.29, 0.717) is 40.3 Å². The standard InChI is InChI=1S/C26H24BrNO5/c1-2-32-23-17-19(15-21(27)24(23)33-14-13-18-9-5-3-6-10-18)16-22(26(30)31)28-25(29)20-11-7-4-8-12-20/h3-12,15-17H,2,13-14H2,1H3,(H,28,29)(H,30,31). The number of aliphatic carboxylic acids is 1. The minimum Gasteiger partial charge on any atom is -0.490 e. The van der Waals surface area contributed by atoms with Gasteiger partial charge in [0.05, 0.1) is 17.7 Å². The van der Waals surface area contributed by atoms with E-state index in [0.717, 1.165) is 12.0 Å². The molecule has 0 spiro atoms. The Morgan fingerprint density at radius 3 is 2.30 bits per heavy atom. The van der Waals surface area contributed by atoms with E-state index in [-0.39, 0.29) is 5.70 Å². The maximum absolute atomic E-state index is 12.4. The quantitative estimate of drug-likeness (QED) is 0.361. The van der Waals surface area contributed by atoms with Crippen LogP contribution in [0.1, 0.15) is 28.4 Å². The smallest absolute Gasteiger partial charge is 0.352 e. The van der Waals surface area contributed by atoms with E-state index in [1.165, 1.54) is 6.08 Å². The van der Waals surface area contributed by atoms with Crippen molar-refractivity contribution in [2.24, 2.45) is 0 Å². The highest BCUT2D eigenvalue weighted by atomic mass is 79.9. The summed E-state index contributed by atoms with van der Waals surface area (Å²) in [5.41, 5.74) is 1.80. The van der Waals surface area contributed by atoms with Crippen molar-refractivity contribution in [3.8, 4) is 11.5 Å². The summed E-state index contributed by atoms with van der Waals surface area (Å²) in [5, 5.41) is 12.1. The van der Waals surface area contributed by atoms with Gasteiger partial charge in [-0.05, 0) is 64.3 Å². The molecule has 0 bridgehead atoms. The minimum atomic E-state index is -1.25. The van der Waals surface area contributed by atoms with Crippen LogP contribution in [0.2, 0.25) is 0 Å². The van der Waals surface area contributed by atoms with Crippen LogP contribution in [0, 0.1) is 0 Å². The van der Waals surface area contributed by atoms with Gasteiger partial charge in [-0.2, -0.15) is 0 Å². The average molecular weight is 510 g/mol. The van der Waals surface area contributed by atoms with Crippen molar-refractivity contribution in [2.45, 2.75) is 13.3 Å². The number of carbonyl (C=O) groups excluding carboxylic acids is 1. The molecular weight excluding hydrogens is 486 g/mol. The van der Waals surface area contributed by atoms with Crippen LogP contribution in [0.25, 0.3) is 6.08 Å². The largest absolute Gasteiger partial charge is 0.490 e. The third kappa shape index (κ3) is 6.95. The molecule has 3 aromatic rings. The molecule has 0 unspecified atom stereocenters. The second-order valence-corrected chi connectivity index (χ2v) is 7.88. The van der Waals surface area contributed by atoms with Gasteiger partial charge in [0, 0.05) is 12.0 Å². The van der Waals surface area contributed by atoms with Gasteiger partial charge in [-0.1, -0.05) is 48.5 Å². The fourth-order valence-corrected chi connectivity index (χ4v) is 3.67. The second kappa shape index (κ2) is 11.9. The number of carboxylic acid groups (broad SMARTS) is 1. The zero-order valence-electron chi connectivity index (χ0n) is 18.1. The summed E-state index contributed by atoms with van der Waals surface area (Å²) in [7, 11) is 0. The number of hydrogen-bond acceptors (Lipinski definition) is 4. The number of ether oxygens (including phenoxy) is 2. The summed E-state index contributed by atoms with van der Waals surface area (Å²) in [6.07, 6.45) is 2.11. The molecule has 0 atom stereocenters. The van der Waals surface area contributed by atoms with E-state index in [4.69, 9.17) is 9.47 Å². The predicted molar refractivity (Wildman–Crippen MR) is 130 cm³/mol. The van der Waals surface area contributed by atoms with E-state index in [9.17, 15) is 14.7 Å². The van der Waals surface area contributed by atoms with Crippen LogP contribution in [-0.4, -0.2) is 30.2 Å². The van der Waals surface area contributed by atoms with Crippen molar-refractivity contribution >= 4 is 33.9 Å². The molecule has 0 aliphatic rings. The molecule has 3 rings (SSSR count). The number of amides is 1. The highest BCUT2D eigenvalue weighted by Gasteiger charge is 2.16. The Morgan fingerprint density at radius 2 is 1.67 bits per heavy atom. The molecular formula is C26H24BrNO5. The van der Waals surface area contributed by atoms with E-state index >= 15 is 0 Å². The number of halogens is 1. The summed E-state index contributed by atoms with van der Waals surface area (Å²) in [4.78, 5) is 24.2. The van der Waals surface area contributed by atoms with Gasteiger partial charge < -0.3 is 19.9 Å². The van der Waals surface area contributed by atoms with Crippen LogP contribution < -0.4 is 14.8 Å². The monoisotopic (exact) mass is 509 g/mol. The summed E-state index contributed by atoms with van der Waals surface area (Å²) < 4.78 is 12.3. The lowest BCUT2D eigenvalue weighted by atomic mass is 10.1. The lowest BCUT2D eigenvalue weighted by molar-refractivity contribution is -0.132. The SMILES string of the molecule is CCOc1cc(C=C(NC(=O)c2ccccc2)C(=O)O)cc(Br)c1OCCc1ccccc1. The number of rotatable bonds is 10. The highest BCUT2D eigenvalue weighted by Crippen LogP contribution is 2.37. The molecule has 2 N–H and O–H groups in total. The molecule has 0 saturated heterocycles. The van der Waals surface area contributed by atoms with Gasteiger partial charge in [0.1, 0.15) is 5.70 Å². The predicted octanol–water partition coefficient (Wildman–Crippen LogP) is 5.32. The fraction of sp³-hybridized carbons (Fsp3) is 0.154. The van der Waals surface area contributed by atoms with Gasteiger partial charge >= 0.3 is 5.97 Å². The van der Waals surface area contributed by atoms with Gasteiger partial charge in [-0.15, -0.1) is 0 Å². The molecule has 0 radical (unpaired) electrons. The Hall–Kier alpha value is -3.58. The Bertz CT molecular complexity index is 1130. The molecule has 7 heteroatoms. The van der Waals surface area contributed by atoms with Crippen LogP contribution in [0.3, 0.4) is 0 Å². The van der Waals surface area contributed by atoms with Crippen molar-refractivity contribution in [2.75, 3.05) is 13.2 Å². The third-order valence-corrected chi connectivity index (χ3v) is 5.23. The highest BCUT2D eigenvalue weighted by molar-refractivity contribution is 9.10. The molecule has 0 aliphatic carbocycles. The molecule has 3 aromatic carbocycles. The van der Waals surface area contributed by atoms with Gasteiger partial charge in [-0.3, -0.25) is 4.79 Å². The number of carbonyl (C=O) groups is 2. The summed E-state index contributed by atoms with van der Waals surface area (Å²) >= 11 is 3.50. The van der Waals surface area contributed by atoms with Crippen molar-refractivity contribution in [1.82, 2.24) is 5.32 Å². The molecule has 0 saturated carbocycles.